The number of hydrogen-bond donors (Lipinski definition) is 0. The van der Waals surface area contributed by atoms with Crippen LogP contribution in [0.5, 0.6) is 0 Å². The van der Waals surface area contributed by atoms with Gasteiger partial charge in [-0.3, -0.25) is 9.69 Å². The van der Waals surface area contributed by atoms with Crippen LogP contribution in [0.25, 0.3) is 0 Å². The first-order valence-electron chi connectivity index (χ1n) is 4.43. The fourth-order valence-electron chi connectivity index (χ4n) is 1.41. The maximum atomic E-state index is 11.4. The number of carbonyl (C=O) groups is 1. The van der Waals surface area contributed by atoms with Gasteiger partial charge in [0.25, 0.3) is 0 Å². The van der Waals surface area contributed by atoms with Gasteiger partial charge in [0, 0.05) is 11.6 Å². The zero-order valence-corrected chi connectivity index (χ0v) is 9.56. The van der Waals surface area contributed by atoms with Crippen LogP contribution in [-0.4, -0.2) is 41.2 Å². The molecule has 0 saturated carbocycles. The second-order valence-corrected chi connectivity index (χ2v) is 4.71. The van der Waals surface area contributed by atoms with E-state index in [1.807, 2.05) is 18.7 Å². The van der Waals surface area contributed by atoms with Crippen molar-refractivity contribution in [1.82, 2.24) is 4.90 Å². The molecule has 0 aromatic heterocycles. The molecule has 0 radical (unpaired) electrons. The van der Waals surface area contributed by atoms with Crippen molar-refractivity contribution >= 4 is 17.7 Å². The fraction of sp³-hybridized carbons (Fsp3) is 0.700. The monoisotopic (exact) mass is 213 g/mol. The number of esters is 1. The lowest BCUT2D eigenvalue weighted by atomic mass is 10.0. The van der Waals surface area contributed by atoms with Crippen molar-refractivity contribution in [3.05, 3.63) is 0 Å². The highest BCUT2D eigenvalue weighted by molar-refractivity contribution is 7.99. The Labute approximate surface area is 89.2 Å². The van der Waals surface area contributed by atoms with Gasteiger partial charge >= 0.3 is 5.97 Å². The Hall–Kier alpha value is -0.660. The van der Waals surface area contributed by atoms with Crippen LogP contribution in [0.2, 0.25) is 0 Å². The van der Waals surface area contributed by atoms with Crippen molar-refractivity contribution in [3.8, 4) is 12.3 Å². The molecule has 0 aliphatic carbocycles. The normalized spacial score (nSPS) is 23.1. The number of hydrogen-bond acceptors (Lipinski definition) is 4. The average Bonchev–Trinajstić information content (AvgIpc) is 2.65. The van der Waals surface area contributed by atoms with Gasteiger partial charge in [-0.1, -0.05) is 5.92 Å². The first-order chi connectivity index (χ1) is 6.53. The molecule has 1 aliphatic heterocycles. The van der Waals surface area contributed by atoms with Crippen LogP contribution in [0.4, 0.5) is 0 Å². The third-order valence-corrected chi connectivity index (χ3v) is 3.44. The third kappa shape index (κ3) is 2.05. The van der Waals surface area contributed by atoms with Crippen LogP contribution in [0.1, 0.15) is 13.8 Å². The van der Waals surface area contributed by atoms with Crippen LogP contribution in [0, 0.1) is 12.3 Å². The van der Waals surface area contributed by atoms with Gasteiger partial charge in [-0.15, -0.1) is 18.2 Å². The Morgan fingerprint density at radius 2 is 2.36 bits per heavy atom. The zero-order chi connectivity index (χ0) is 10.8. The van der Waals surface area contributed by atoms with Gasteiger partial charge in [-0.2, -0.15) is 0 Å². The molecule has 1 rings (SSSR count). The molecule has 1 fully saturated rings. The number of methoxy groups -OCH3 is 1. The molecule has 1 unspecified atom stereocenters. The predicted molar refractivity (Wildman–Crippen MR) is 57.9 cm³/mol. The van der Waals surface area contributed by atoms with E-state index in [-0.39, 0.29) is 17.6 Å². The standard InChI is InChI=1S/C10H15NO2S/c1-5-10(2,3)11-7-14-6-8(11)9(12)13-4/h1,8H,6-7H2,2-4H3. The van der Waals surface area contributed by atoms with E-state index in [0.717, 1.165) is 11.6 Å². The number of terminal acetylenes is 1. The summed E-state index contributed by atoms with van der Waals surface area (Å²) in [7, 11) is 1.41. The molecule has 1 heterocycles. The van der Waals surface area contributed by atoms with E-state index in [0.29, 0.717) is 0 Å². The van der Waals surface area contributed by atoms with Gasteiger partial charge in [-0.05, 0) is 13.8 Å². The van der Waals surface area contributed by atoms with E-state index >= 15 is 0 Å². The van der Waals surface area contributed by atoms with Gasteiger partial charge in [0.1, 0.15) is 6.04 Å². The fourth-order valence-corrected chi connectivity index (χ4v) is 2.75. The van der Waals surface area contributed by atoms with Gasteiger partial charge in [0.05, 0.1) is 12.6 Å². The van der Waals surface area contributed by atoms with Crippen molar-refractivity contribution in [1.29, 1.82) is 0 Å². The molecule has 0 aromatic carbocycles. The van der Waals surface area contributed by atoms with Crippen LogP contribution < -0.4 is 0 Å². The summed E-state index contributed by atoms with van der Waals surface area (Å²) in [5, 5.41) is 0. The van der Waals surface area contributed by atoms with Gasteiger partial charge in [0.15, 0.2) is 0 Å². The molecular formula is C10H15NO2S. The smallest absolute Gasteiger partial charge is 0.324 e. The van der Waals surface area contributed by atoms with E-state index in [4.69, 9.17) is 11.2 Å². The van der Waals surface area contributed by atoms with Crippen molar-refractivity contribution in [2.45, 2.75) is 25.4 Å². The van der Waals surface area contributed by atoms with Gasteiger partial charge in [0.2, 0.25) is 0 Å². The van der Waals surface area contributed by atoms with Crippen LogP contribution in [-0.2, 0) is 9.53 Å². The predicted octanol–water partition coefficient (Wildman–Crippen LogP) is 0.946. The van der Waals surface area contributed by atoms with Crippen LogP contribution in [0.3, 0.4) is 0 Å². The number of nitrogens with zero attached hydrogens (tertiary/aromatic N) is 1. The summed E-state index contributed by atoms with van der Waals surface area (Å²) in [6.07, 6.45) is 5.44. The molecule has 1 atom stereocenters. The maximum Gasteiger partial charge on any atom is 0.324 e. The number of carbonyl (C=O) groups excluding carboxylic acids is 1. The molecule has 4 heteroatoms. The molecule has 0 bridgehead atoms. The van der Waals surface area contributed by atoms with Crippen molar-refractivity contribution in [2.75, 3.05) is 18.7 Å². The minimum Gasteiger partial charge on any atom is -0.468 e. The maximum absolute atomic E-state index is 11.4. The number of ether oxygens (including phenoxy) is 1. The molecule has 1 saturated heterocycles. The quantitative estimate of drug-likeness (QED) is 0.504. The lowest BCUT2D eigenvalue weighted by Crippen LogP contribution is -2.50. The average molecular weight is 213 g/mol. The molecular weight excluding hydrogens is 198 g/mol. The Balaban J connectivity index is 2.80. The van der Waals surface area contributed by atoms with Crippen LogP contribution >= 0.6 is 11.8 Å². The van der Waals surface area contributed by atoms with Gasteiger partial charge in [-0.25, -0.2) is 0 Å². The van der Waals surface area contributed by atoms with Crippen LogP contribution in [0.15, 0.2) is 0 Å². The Kier molecular flexibility index (Phi) is 3.46. The van der Waals surface area contributed by atoms with E-state index in [2.05, 4.69) is 5.92 Å². The first kappa shape index (κ1) is 11.4. The second-order valence-electron chi connectivity index (χ2n) is 3.71. The zero-order valence-electron chi connectivity index (χ0n) is 8.74. The summed E-state index contributed by atoms with van der Waals surface area (Å²) in [6, 6.07) is -0.198. The molecule has 14 heavy (non-hydrogen) atoms. The first-order valence-corrected chi connectivity index (χ1v) is 5.58. The minimum atomic E-state index is -0.387. The Morgan fingerprint density at radius 3 is 2.86 bits per heavy atom. The van der Waals surface area contributed by atoms with Crippen molar-refractivity contribution < 1.29 is 9.53 Å². The highest BCUT2D eigenvalue weighted by atomic mass is 32.2. The second kappa shape index (κ2) is 4.24. The van der Waals surface area contributed by atoms with Crippen molar-refractivity contribution in [3.63, 3.8) is 0 Å². The Bertz CT molecular complexity index is 270. The summed E-state index contributed by atoms with van der Waals surface area (Å²) in [5.74, 6) is 4.05. The number of thioether (sulfide) groups is 1. The van der Waals surface area contributed by atoms with E-state index in [1.165, 1.54) is 7.11 Å². The molecule has 3 nitrogen and oxygen atoms in total. The molecule has 0 N–H and O–H groups in total. The molecule has 0 amide bonds. The molecule has 0 aromatic rings. The largest absolute Gasteiger partial charge is 0.468 e. The minimum absolute atomic E-state index is 0.196. The lowest BCUT2D eigenvalue weighted by Gasteiger charge is -2.33. The topological polar surface area (TPSA) is 29.5 Å². The van der Waals surface area contributed by atoms with E-state index in [1.54, 1.807) is 11.8 Å². The molecule has 1 aliphatic rings. The Morgan fingerprint density at radius 1 is 1.71 bits per heavy atom. The van der Waals surface area contributed by atoms with E-state index < -0.39 is 0 Å². The third-order valence-electron chi connectivity index (χ3n) is 2.43. The van der Waals surface area contributed by atoms with E-state index in [9.17, 15) is 4.79 Å². The summed E-state index contributed by atoms with van der Waals surface area (Å²) >= 11 is 1.71. The summed E-state index contributed by atoms with van der Waals surface area (Å²) in [6.45, 7) is 3.88. The van der Waals surface area contributed by atoms with Crippen molar-refractivity contribution in [2.24, 2.45) is 0 Å². The molecule has 0 spiro atoms. The van der Waals surface area contributed by atoms with Gasteiger partial charge < -0.3 is 4.74 Å². The SMILES string of the molecule is C#CC(C)(C)N1CSCC1C(=O)OC. The molecule has 78 valence electrons. The summed E-state index contributed by atoms with van der Waals surface area (Å²) < 4.78 is 4.74. The summed E-state index contributed by atoms with van der Waals surface area (Å²) in [5.41, 5.74) is -0.387. The highest BCUT2D eigenvalue weighted by Gasteiger charge is 2.39. The lowest BCUT2D eigenvalue weighted by molar-refractivity contribution is -0.146. The highest BCUT2D eigenvalue weighted by Crippen LogP contribution is 2.29. The summed E-state index contributed by atoms with van der Waals surface area (Å²) in [4.78, 5) is 13.4. The number of rotatable bonds is 2.